The summed E-state index contributed by atoms with van der Waals surface area (Å²) in [4.78, 5) is 5.01. The van der Waals surface area contributed by atoms with E-state index in [1.165, 1.54) is 58.3 Å². The zero-order valence-electron chi connectivity index (χ0n) is 12.9. The van der Waals surface area contributed by atoms with Crippen molar-refractivity contribution in [1.82, 2.24) is 9.80 Å². The standard InChI is InChI=1S/C16H32N2O/c1-17-10-3-4-14(12-17)9-11-18(2)13-15-5-7-16(19)8-6-15/h14-16,19H,3-13H2,1-2H3. The molecule has 1 N–H and O–H groups in total. The van der Waals surface area contributed by atoms with Crippen LogP contribution in [0.5, 0.6) is 0 Å². The summed E-state index contributed by atoms with van der Waals surface area (Å²) < 4.78 is 0. The molecule has 2 rings (SSSR count). The Labute approximate surface area is 119 Å². The molecule has 0 aromatic rings. The summed E-state index contributed by atoms with van der Waals surface area (Å²) in [5.41, 5.74) is 0. The molecule has 0 spiro atoms. The van der Waals surface area contributed by atoms with E-state index in [9.17, 15) is 5.11 Å². The molecule has 0 radical (unpaired) electrons. The molecule has 1 aliphatic heterocycles. The van der Waals surface area contributed by atoms with E-state index < -0.39 is 0 Å². The van der Waals surface area contributed by atoms with Crippen molar-refractivity contribution < 1.29 is 5.11 Å². The molecule has 3 nitrogen and oxygen atoms in total. The largest absolute Gasteiger partial charge is 0.393 e. The smallest absolute Gasteiger partial charge is 0.0540 e. The van der Waals surface area contributed by atoms with Gasteiger partial charge in [0.05, 0.1) is 6.10 Å². The number of piperidine rings is 1. The maximum absolute atomic E-state index is 9.54. The number of aliphatic hydroxyl groups is 1. The van der Waals surface area contributed by atoms with Crippen LogP contribution >= 0.6 is 0 Å². The van der Waals surface area contributed by atoms with Gasteiger partial charge in [-0.15, -0.1) is 0 Å². The molecular weight excluding hydrogens is 236 g/mol. The van der Waals surface area contributed by atoms with Gasteiger partial charge in [-0.1, -0.05) is 0 Å². The highest BCUT2D eigenvalue weighted by Gasteiger charge is 2.21. The van der Waals surface area contributed by atoms with Crippen LogP contribution in [-0.4, -0.2) is 61.3 Å². The lowest BCUT2D eigenvalue weighted by Crippen LogP contribution is -2.35. The van der Waals surface area contributed by atoms with E-state index in [1.54, 1.807) is 0 Å². The first-order valence-electron chi connectivity index (χ1n) is 8.18. The molecule has 19 heavy (non-hydrogen) atoms. The van der Waals surface area contributed by atoms with Crippen LogP contribution in [0.1, 0.15) is 44.9 Å². The Balaban J connectivity index is 1.60. The van der Waals surface area contributed by atoms with Crippen LogP contribution in [0.4, 0.5) is 0 Å². The van der Waals surface area contributed by atoms with Crippen molar-refractivity contribution in [1.29, 1.82) is 0 Å². The Bertz CT molecular complexity index is 251. The third-order valence-electron chi connectivity index (χ3n) is 5.03. The molecule has 3 heteroatoms. The number of rotatable bonds is 5. The van der Waals surface area contributed by atoms with E-state index in [1.807, 2.05) is 0 Å². The molecule has 1 saturated heterocycles. The predicted octanol–water partition coefficient (Wildman–Crippen LogP) is 2.20. The zero-order chi connectivity index (χ0) is 13.7. The molecular formula is C16H32N2O. The van der Waals surface area contributed by atoms with Crippen molar-refractivity contribution in [2.75, 3.05) is 40.3 Å². The van der Waals surface area contributed by atoms with E-state index in [0.717, 1.165) is 24.7 Å². The minimum Gasteiger partial charge on any atom is -0.393 e. The number of aliphatic hydroxyl groups excluding tert-OH is 1. The monoisotopic (exact) mass is 268 g/mol. The van der Waals surface area contributed by atoms with Crippen molar-refractivity contribution in [3.8, 4) is 0 Å². The van der Waals surface area contributed by atoms with Crippen LogP contribution in [-0.2, 0) is 0 Å². The summed E-state index contributed by atoms with van der Waals surface area (Å²) in [5, 5.41) is 9.54. The van der Waals surface area contributed by atoms with E-state index in [4.69, 9.17) is 0 Å². The fourth-order valence-electron chi connectivity index (χ4n) is 3.77. The number of hydrogen-bond acceptors (Lipinski definition) is 3. The van der Waals surface area contributed by atoms with Gasteiger partial charge in [0.1, 0.15) is 0 Å². The number of likely N-dealkylation sites (tertiary alicyclic amines) is 1. The highest BCUT2D eigenvalue weighted by atomic mass is 16.3. The Morgan fingerprint density at radius 2 is 1.84 bits per heavy atom. The van der Waals surface area contributed by atoms with Gasteiger partial charge < -0.3 is 14.9 Å². The highest BCUT2D eigenvalue weighted by molar-refractivity contribution is 4.75. The van der Waals surface area contributed by atoms with E-state index >= 15 is 0 Å². The summed E-state index contributed by atoms with van der Waals surface area (Å²) in [5.74, 6) is 1.73. The van der Waals surface area contributed by atoms with E-state index in [-0.39, 0.29) is 6.10 Å². The van der Waals surface area contributed by atoms with Gasteiger partial charge in [0.15, 0.2) is 0 Å². The third kappa shape index (κ3) is 5.41. The summed E-state index contributed by atoms with van der Waals surface area (Å²) in [6.45, 7) is 5.06. The second-order valence-electron chi connectivity index (χ2n) is 7.00. The Morgan fingerprint density at radius 1 is 1.11 bits per heavy atom. The van der Waals surface area contributed by atoms with Gasteiger partial charge in [-0.05, 0) is 84.0 Å². The van der Waals surface area contributed by atoms with Crippen molar-refractivity contribution in [2.24, 2.45) is 11.8 Å². The fraction of sp³-hybridized carbons (Fsp3) is 1.00. The number of nitrogens with zero attached hydrogens (tertiary/aromatic N) is 2. The van der Waals surface area contributed by atoms with Gasteiger partial charge in [-0.3, -0.25) is 0 Å². The Kier molecular flexibility index (Phi) is 6.11. The minimum atomic E-state index is -0.0145. The zero-order valence-corrected chi connectivity index (χ0v) is 12.9. The van der Waals surface area contributed by atoms with Gasteiger partial charge in [0, 0.05) is 13.1 Å². The molecule has 1 aliphatic carbocycles. The summed E-state index contributed by atoms with van der Waals surface area (Å²) >= 11 is 0. The third-order valence-corrected chi connectivity index (χ3v) is 5.03. The van der Waals surface area contributed by atoms with Gasteiger partial charge in [0.25, 0.3) is 0 Å². The normalized spacial score (nSPS) is 33.8. The quantitative estimate of drug-likeness (QED) is 0.828. The van der Waals surface area contributed by atoms with Crippen LogP contribution in [0, 0.1) is 11.8 Å². The first-order chi connectivity index (χ1) is 9.13. The highest BCUT2D eigenvalue weighted by Crippen LogP contribution is 2.25. The maximum Gasteiger partial charge on any atom is 0.0540 e. The Morgan fingerprint density at radius 3 is 2.53 bits per heavy atom. The van der Waals surface area contributed by atoms with Crippen molar-refractivity contribution in [3.63, 3.8) is 0 Å². The molecule has 1 atom stereocenters. The van der Waals surface area contributed by atoms with E-state index in [2.05, 4.69) is 23.9 Å². The number of hydrogen-bond donors (Lipinski definition) is 1. The molecule has 1 saturated carbocycles. The summed E-state index contributed by atoms with van der Waals surface area (Å²) in [6.07, 6.45) is 8.63. The van der Waals surface area contributed by atoms with Crippen molar-refractivity contribution in [2.45, 2.75) is 51.0 Å². The van der Waals surface area contributed by atoms with Crippen LogP contribution in [0.15, 0.2) is 0 Å². The summed E-state index contributed by atoms with van der Waals surface area (Å²) in [6, 6.07) is 0. The second kappa shape index (κ2) is 7.61. The molecule has 1 heterocycles. The SMILES string of the molecule is CN1CCCC(CCN(C)CC2CCC(O)CC2)C1. The molecule has 112 valence electrons. The lowest BCUT2D eigenvalue weighted by molar-refractivity contribution is 0.0957. The lowest BCUT2D eigenvalue weighted by Gasteiger charge is -2.32. The van der Waals surface area contributed by atoms with Crippen LogP contribution < -0.4 is 0 Å². The van der Waals surface area contributed by atoms with Gasteiger partial charge in [-0.2, -0.15) is 0 Å². The van der Waals surface area contributed by atoms with Gasteiger partial charge >= 0.3 is 0 Å². The lowest BCUT2D eigenvalue weighted by atomic mass is 9.87. The Hall–Kier alpha value is -0.120. The molecule has 0 aromatic heterocycles. The summed E-state index contributed by atoms with van der Waals surface area (Å²) in [7, 11) is 4.53. The minimum absolute atomic E-state index is 0.0145. The topological polar surface area (TPSA) is 26.7 Å². The first kappa shape index (κ1) is 15.3. The van der Waals surface area contributed by atoms with Crippen molar-refractivity contribution >= 4 is 0 Å². The molecule has 2 aliphatic rings. The second-order valence-corrected chi connectivity index (χ2v) is 7.00. The molecule has 0 amide bonds. The first-order valence-corrected chi connectivity index (χ1v) is 8.18. The molecule has 0 aromatic carbocycles. The molecule has 1 unspecified atom stereocenters. The van der Waals surface area contributed by atoms with Crippen molar-refractivity contribution in [3.05, 3.63) is 0 Å². The maximum atomic E-state index is 9.54. The average Bonchev–Trinajstić information content (AvgIpc) is 2.39. The predicted molar refractivity (Wildman–Crippen MR) is 80.3 cm³/mol. The van der Waals surface area contributed by atoms with Crippen LogP contribution in [0.25, 0.3) is 0 Å². The van der Waals surface area contributed by atoms with Crippen LogP contribution in [0.3, 0.4) is 0 Å². The molecule has 0 bridgehead atoms. The van der Waals surface area contributed by atoms with Crippen LogP contribution in [0.2, 0.25) is 0 Å². The van der Waals surface area contributed by atoms with Gasteiger partial charge in [-0.25, -0.2) is 0 Å². The average molecular weight is 268 g/mol. The fourth-order valence-corrected chi connectivity index (χ4v) is 3.77. The van der Waals surface area contributed by atoms with E-state index in [0.29, 0.717) is 0 Å². The van der Waals surface area contributed by atoms with Gasteiger partial charge in [0.2, 0.25) is 0 Å². The molecule has 2 fully saturated rings.